The van der Waals surface area contributed by atoms with Crippen LogP contribution in [0.5, 0.6) is 0 Å². The molecule has 2 aromatic rings. The van der Waals surface area contributed by atoms with Gasteiger partial charge < -0.3 is 20.3 Å². The minimum Gasteiger partial charge on any atom is -0.378 e. The lowest BCUT2D eigenvalue weighted by molar-refractivity contribution is 0.0303. The fraction of sp³-hybridized carbons (Fsp3) is 0.222. The number of carbonyl (C=O) groups is 1. The van der Waals surface area contributed by atoms with E-state index in [1.165, 1.54) is 0 Å². The number of halogens is 2. The molecule has 0 aliphatic carbocycles. The Morgan fingerprint density at radius 1 is 1.04 bits per heavy atom. The number of hydrogen-bond acceptors (Lipinski definition) is 3. The van der Waals surface area contributed by atoms with Crippen LogP contribution in [-0.2, 0) is 4.74 Å². The van der Waals surface area contributed by atoms with Gasteiger partial charge in [-0.05, 0) is 48.6 Å². The van der Waals surface area contributed by atoms with Crippen LogP contribution in [0.2, 0.25) is 10.0 Å². The number of thiocarbonyl (C=S) groups is 1. The predicted octanol–water partition coefficient (Wildman–Crippen LogP) is 4.27. The maximum Gasteiger partial charge on any atom is 0.254 e. The summed E-state index contributed by atoms with van der Waals surface area (Å²) in [4.78, 5) is 14.2. The van der Waals surface area contributed by atoms with Crippen molar-refractivity contribution in [3.05, 3.63) is 58.1 Å². The average Bonchev–Trinajstić information content (AvgIpc) is 2.66. The summed E-state index contributed by atoms with van der Waals surface area (Å²) in [7, 11) is 0. The standard InChI is InChI=1S/C18H17Cl2N3O2S/c19-14-2-1-3-15(16(14)20)22-18(26)21-13-6-4-12(5-7-13)17(24)23-8-10-25-11-9-23/h1-7H,8-11H2,(H2,21,22,26). The zero-order valence-corrected chi connectivity index (χ0v) is 16.1. The molecule has 26 heavy (non-hydrogen) atoms. The third kappa shape index (κ3) is 4.65. The van der Waals surface area contributed by atoms with Crippen LogP contribution in [0.25, 0.3) is 0 Å². The molecule has 1 aliphatic heterocycles. The van der Waals surface area contributed by atoms with Crippen molar-refractivity contribution in [2.24, 2.45) is 0 Å². The first-order valence-corrected chi connectivity index (χ1v) is 9.20. The van der Waals surface area contributed by atoms with Crippen LogP contribution in [-0.4, -0.2) is 42.2 Å². The van der Waals surface area contributed by atoms with Gasteiger partial charge in [0, 0.05) is 24.3 Å². The number of hydrogen-bond donors (Lipinski definition) is 2. The van der Waals surface area contributed by atoms with Crippen molar-refractivity contribution in [3.8, 4) is 0 Å². The zero-order valence-electron chi connectivity index (χ0n) is 13.8. The summed E-state index contributed by atoms with van der Waals surface area (Å²) in [5.41, 5.74) is 2.02. The van der Waals surface area contributed by atoms with Crippen molar-refractivity contribution in [1.82, 2.24) is 4.90 Å². The highest BCUT2D eigenvalue weighted by atomic mass is 35.5. The van der Waals surface area contributed by atoms with Crippen LogP contribution in [0.1, 0.15) is 10.4 Å². The molecule has 0 atom stereocenters. The van der Waals surface area contributed by atoms with Gasteiger partial charge in [-0.25, -0.2) is 0 Å². The molecule has 8 heteroatoms. The topological polar surface area (TPSA) is 53.6 Å². The molecule has 136 valence electrons. The van der Waals surface area contributed by atoms with E-state index < -0.39 is 0 Å². The number of amides is 1. The Hall–Kier alpha value is -1.86. The Balaban J connectivity index is 1.61. The first-order valence-electron chi connectivity index (χ1n) is 8.04. The van der Waals surface area contributed by atoms with E-state index in [9.17, 15) is 4.79 Å². The van der Waals surface area contributed by atoms with Crippen molar-refractivity contribution in [2.45, 2.75) is 0 Å². The van der Waals surface area contributed by atoms with E-state index in [1.54, 1.807) is 47.4 Å². The van der Waals surface area contributed by atoms with Crippen LogP contribution in [0, 0.1) is 0 Å². The lowest BCUT2D eigenvalue weighted by Gasteiger charge is -2.26. The van der Waals surface area contributed by atoms with E-state index in [0.717, 1.165) is 5.69 Å². The van der Waals surface area contributed by atoms with Crippen molar-refractivity contribution in [3.63, 3.8) is 0 Å². The second-order valence-electron chi connectivity index (χ2n) is 5.66. The smallest absolute Gasteiger partial charge is 0.254 e. The SMILES string of the molecule is O=C(c1ccc(NC(=S)Nc2cccc(Cl)c2Cl)cc1)N1CCOCC1. The second kappa shape index (κ2) is 8.68. The van der Waals surface area contributed by atoms with Crippen molar-refractivity contribution >= 4 is 57.8 Å². The van der Waals surface area contributed by atoms with Gasteiger partial charge in [-0.1, -0.05) is 29.3 Å². The van der Waals surface area contributed by atoms with Gasteiger partial charge in [-0.2, -0.15) is 0 Å². The van der Waals surface area contributed by atoms with Gasteiger partial charge in [-0.15, -0.1) is 0 Å². The van der Waals surface area contributed by atoms with Crippen molar-refractivity contribution < 1.29 is 9.53 Å². The highest BCUT2D eigenvalue weighted by Crippen LogP contribution is 2.29. The van der Waals surface area contributed by atoms with Gasteiger partial charge >= 0.3 is 0 Å². The first-order chi connectivity index (χ1) is 12.5. The van der Waals surface area contributed by atoms with E-state index in [0.29, 0.717) is 52.7 Å². The molecule has 0 aromatic heterocycles. The van der Waals surface area contributed by atoms with Crippen LogP contribution < -0.4 is 10.6 Å². The van der Waals surface area contributed by atoms with Gasteiger partial charge in [0.1, 0.15) is 0 Å². The number of morpholine rings is 1. The van der Waals surface area contributed by atoms with Crippen molar-refractivity contribution in [2.75, 3.05) is 36.9 Å². The molecule has 0 bridgehead atoms. The van der Waals surface area contributed by atoms with E-state index in [4.69, 9.17) is 40.2 Å². The number of anilines is 2. The van der Waals surface area contributed by atoms with Gasteiger partial charge in [0.05, 0.1) is 28.9 Å². The molecule has 1 fully saturated rings. The number of nitrogens with zero attached hydrogens (tertiary/aromatic N) is 1. The lowest BCUT2D eigenvalue weighted by Crippen LogP contribution is -2.40. The fourth-order valence-electron chi connectivity index (χ4n) is 2.53. The largest absolute Gasteiger partial charge is 0.378 e. The number of carbonyl (C=O) groups excluding carboxylic acids is 1. The van der Waals surface area contributed by atoms with Crippen LogP contribution in [0.4, 0.5) is 11.4 Å². The number of rotatable bonds is 3. The summed E-state index contributed by atoms with van der Waals surface area (Å²) in [5, 5.41) is 7.29. The van der Waals surface area contributed by atoms with Crippen LogP contribution >= 0.6 is 35.4 Å². The Morgan fingerprint density at radius 2 is 1.73 bits per heavy atom. The van der Waals surface area contributed by atoms with E-state index in [1.807, 2.05) is 0 Å². The normalized spacial score (nSPS) is 14.0. The number of nitrogens with one attached hydrogen (secondary N) is 2. The minimum atomic E-state index is 0.00580. The number of benzene rings is 2. The third-order valence-electron chi connectivity index (χ3n) is 3.89. The second-order valence-corrected chi connectivity index (χ2v) is 6.86. The summed E-state index contributed by atoms with van der Waals surface area (Å²) in [5.74, 6) is 0.00580. The Bertz CT molecular complexity index is 809. The average molecular weight is 410 g/mol. The molecule has 1 heterocycles. The molecule has 3 rings (SSSR count). The Labute approximate surface area is 167 Å². The summed E-state index contributed by atoms with van der Waals surface area (Å²) in [6, 6.07) is 12.4. The highest BCUT2D eigenvalue weighted by Gasteiger charge is 2.18. The molecule has 0 unspecified atom stereocenters. The lowest BCUT2D eigenvalue weighted by atomic mass is 10.1. The fourth-order valence-corrected chi connectivity index (χ4v) is 3.11. The number of ether oxygens (including phenoxy) is 1. The minimum absolute atomic E-state index is 0.00580. The molecule has 0 radical (unpaired) electrons. The molecule has 1 aliphatic rings. The quantitative estimate of drug-likeness (QED) is 0.741. The Kier molecular flexibility index (Phi) is 6.32. The van der Waals surface area contributed by atoms with E-state index in [2.05, 4.69) is 10.6 Å². The van der Waals surface area contributed by atoms with E-state index >= 15 is 0 Å². The molecule has 1 amide bonds. The van der Waals surface area contributed by atoms with Crippen LogP contribution in [0.15, 0.2) is 42.5 Å². The van der Waals surface area contributed by atoms with Gasteiger partial charge in [0.2, 0.25) is 0 Å². The van der Waals surface area contributed by atoms with E-state index in [-0.39, 0.29) is 5.91 Å². The molecular weight excluding hydrogens is 393 g/mol. The van der Waals surface area contributed by atoms with Gasteiger partial charge in [0.15, 0.2) is 5.11 Å². The Morgan fingerprint density at radius 3 is 2.42 bits per heavy atom. The summed E-state index contributed by atoms with van der Waals surface area (Å²) in [6.45, 7) is 2.40. The molecule has 1 saturated heterocycles. The molecule has 2 aromatic carbocycles. The van der Waals surface area contributed by atoms with Gasteiger partial charge in [-0.3, -0.25) is 4.79 Å². The summed E-state index contributed by atoms with van der Waals surface area (Å²) >= 11 is 17.4. The molecule has 2 N–H and O–H groups in total. The summed E-state index contributed by atoms with van der Waals surface area (Å²) < 4.78 is 5.27. The maximum absolute atomic E-state index is 12.4. The van der Waals surface area contributed by atoms with Gasteiger partial charge in [0.25, 0.3) is 5.91 Å². The monoisotopic (exact) mass is 409 g/mol. The zero-order chi connectivity index (χ0) is 18.5. The molecule has 0 saturated carbocycles. The molecule has 0 spiro atoms. The van der Waals surface area contributed by atoms with Crippen molar-refractivity contribution in [1.29, 1.82) is 0 Å². The third-order valence-corrected chi connectivity index (χ3v) is 4.91. The maximum atomic E-state index is 12.4. The summed E-state index contributed by atoms with van der Waals surface area (Å²) in [6.07, 6.45) is 0. The molecular formula is C18H17Cl2N3O2S. The van der Waals surface area contributed by atoms with Crippen LogP contribution in [0.3, 0.4) is 0 Å². The highest BCUT2D eigenvalue weighted by molar-refractivity contribution is 7.80. The molecule has 5 nitrogen and oxygen atoms in total. The predicted molar refractivity (Wildman–Crippen MR) is 109 cm³/mol. The first kappa shape index (κ1) is 18.9.